The van der Waals surface area contributed by atoms with Crippen molar-refractivity contribution in [1.82, 2.24) is 4.98 Å². The molecule has 0 aliphatic heterocycles. The van der Waals surface area contributed by atoms with E-state index in [0.717, 1.165) is 11.3 Å². The van der Waals surface area contributed by atoms with Crippen molar-refractivity contribution in [2.45, 2.75) is 12.8 Å². The van der Waals surface area contributed by atoms with Gasteiger partial charge in [-0.1, -0.05) is 0 Å². The van der Waals surface area contributed by atoms with E-state index in [1.165, 1.54) is 0 Å². The Morgan fingerprint density at radius 1 is 0.964 bits per heavy atom. The average molecular weight is 382 g/mol. The Labute approximate surface area is 163 Å². The smallest absolute Gasteiger partial charge is 0.224 e. The van der Waals surface area contributed by atoms with Gasteiger partial charge in [-0.25, -0.2) is 4.98 Å². The second-order valence-electron chi connectivity index (χ2n) is 6.00. The first kappa shape index (κ1) is 19.3. The van der Waals surface area contributed by atoms with Crippen LogP contribution in [0.1, 0.15) is 12.3 Å². The first-order valence-corrected chi connectivity index (χ1v) is 8.73. The Kier molecular flexibility index (Phi) is 6.16. The fourth-order valence-corrected chi connectivity index (χ4v) is 2.64. The Morgan fingerprint density at radius 2 is 1.61 bits per heavy atom. The molecule has 7 heteroatoms. The first-order valence-electron chi connectivity index (χ1n) is 8.73. The van der Waals surface area contributed by atoms with Crippen LogP contribution in [-0.2, 0) is 11.2 Å². The topological polar surface area (TPSA) is 82.8 Å². The van der Waals surface area contributed by atoms with Gasteiger partial charge in [-0.05, 0) is 24.3 Å². The van der Waals surface area contributed by atoms with Crippen LogP contribution in [0.4, 0.5) is 5.69 Å². The molecule has 0 unspecified atom stereocenters. The number of hydrogen-bond donors (Lipinski definition) is 1. The summed E-state index contributed by atoms with van der Waals surface area (Å²) in [7, 11) is 4.74. The highest BCUT2D eigenvalue weighted by Crippen LogP contribution is 2.26. The van der Waals surface area contributed by atoms with Gasteiger partial charge in [0.25, 0.3) is 0 Å². The monoisotopic (exact) mass is 382 g/mol. The third kappa shape index (κ3) is 4.82. The summed E-state index contributed by atoms with van der Waals surface area (Å²) in [5, 5.41) is 2.83. The molecule has 146 valence electrons. The van der Waals surface area contributed by atoms with Crippen molar-refractivity contribution in [3.63, 3.8) is 0 Å². The Bertz CT molecular complexity index is 912. The molecule has 7 nitrogen and oxygen atoms in total. The number of ether oxygens (including phenoxy) is 3. The van der Waals surface area contributed by atoms with Crippen LogP contribution in [-0.4, -0.2) is 32.2 Å². The third-order valence-electron chi connectivity index (χ3n) is 4.13. The molecule has 1 aromatic heterocycles. The molecule has 2 aromatic carbocycles. The third-order valence-corrected chi connectivity index (χ3v) is 4.13. The molecule has 0 fully saturated rings. The lowest BCUT2D eigenvalue weighted by Gasteiger charge is -2.09. The molecule has 0 spiro atoms. The summed E-state index contributed by atoms with van der Waals surface area (Å²) in [6.07, 6.45) is 2.28. The van der Waals surface area contributed by atoms with Crippen molar-refractivity contribution < 1.29 is 23.4 Å². The second kappa shape index (κ2) is 8.94. The minimum Gasteiger partial charge on any atom is -0.497 e. The largest absolute Gasteiger partial charge is 0.497 e. The Balaban J connectivity index is 1.58. The molecule has 1 N–H and O–H groups in total. The number of oxazole rings is 1. The van der Waals surface area contributed by atoms with Gasteiger partial charge in [0, 0.05) is 42.3 Å². The molecule has 28 heavy (non-hydrogen) atoms. The predicted octanol–water partition coefficient (Wildman–Crippen LogP) is 3.94. The van der Waals surface area contributed by atoms with E-state index in [1.807, 2.05) is 24.3 Å². The average Bonchev–Trinajstić information content (AvgIpc) is 3.21. The van der Waals surface area contributed by atoms with Crippen molar-refractivity contribution in [1.29, 1.82) is 0 Å². The molecule has 0 aliphatic rings. The summed E-state index contributed by atoms with van der Waals surface area (Å²) in [5.41, 5.74) is 1.50. The van der Waals surface area contributed by atoms with Gasteiger partial charge in [-0.3, -0.25) is 4.79 Å². The number of hydrogen-bond acceptors (Lipinski definition) is 6. The lowest BCUT2D eigenvalue weighted by Crippen LogP contribution is -2.12. The molecular formula is C21H22N2O5. The van der Waals surface area contributed by atoms with Gasteiger partial charge in [-0.2, -0.15) is 0 Å². The molecule has 0 aliphatic carbocycles. The van der Waals surface area contributed by atoms with Crippen LogP contribution in [0.15, 0.2) is 53.1 Å². The van der Waals surface area contributed by atoms with E-state index in [2.05, 4.69) is 10.3 Å². The van der Waals surface area contributed by atoms with E-state index in [4.69, 9.17) is 18.6 Å². The molecule has 0 saturated carbocycles. The fraction of sp³-hybridized carbons (Fsp3) is 0.238. The van der Waals surface area contributed by atoms with Gasteiger partial charge in [0.2, 0.25) is 5.91 Å². The van der Waals surface area contributed by atoms with Crippen LogP contribution < -0.4 is 19.5 Å². The number of benzene rings is 2. The zero-order chi connectivity index (χ0) is 19.9. The number of rotatable bonds is 8. The minimum absolute atomic E-state index is 0.153. The van der Waals surface area contributed by atoms with E-state index in [1.54, 1.807) is 45.7 Å². The second-order valence-corrected chi connectivity index (χ2v) is 6.00. The van der Waals surface area contributed by atoms with Crippen LogP contribution in [0, 0.1) is 0 Å². The predicted molar refractivity (Wildman–Crippen MR) is 105 cm³/mol. The fourth-order valence-electron chi connectivity index (χ4n) is 2.64. The number of carbonyl (C=O) groups excluding carboxylic acids is 1. The summed E-state index contributed by atoms with van der Waals surface area (Å²) in [4.78, 5) is 16.5. The number of aromatic nitrogens is 1. The van der Waals surface area contributed by atoms with Crippen molar-refractivity contribution in [3.8, 4) is 28.6 Å². The maximum absolute atomic E-state index is 12.3. The Hall–Kier alpha value is -3.48. The molecule has 0 radical (unpaired) electrons. The SMILES string of the molecule is COc1ccc(-c2cnc(CCC(=O)Nc3cc(OC)cc(OC)c3)o2)cc1. The normalized spacial score (nSPS) is 10.4. The summed E-state index contributed by atoms with van der Waals surface area (Å²) in [6.45, 7) is 0. The molecule has 0 atom stereocenters. The standard InChI is InChI=1S/C21H22N2O5/c1-25-16-6-4-14(5-7-16)19-13-22-21(28-19)9-8-20(24)23-15-10-17(26-2)12-18(11-15)27-3/h4-7,10-13H,8-9H2,1-3H3,(H,23,24). The number of amides is 1. The lowest BCUT2D eigenvalue weighted by atomic mass is 10.2. The van der Waals surface area contributed by atoms with Crippen LogP contribution in [0.3, 0.4) is 0 Å². The van der Waals surface area contributed by atoms with E-state index in [-0.39, 0.29) is 12.3 Å². The van der Waals surface area contributed by atoms with Gasteiger partial charge < -0.3 is 23.9 Å². The van der Waals surface area contributed by atoms with Crippen LogP contribution in [0.5, 0.6) is 17.2 Å². The van der Waals surface area contributed by atoms with E-state index in [9.17, 15) is 4.79 Å². The highest BCUT2D eigenvalue weighted by atomic mass is 16.5. The highest BCUT2D eigenvalue weighted by molar-refractivity contribution is 5.91. The minimum atomic E-state index is -0.153. The first-order chi connectivity index (χ1) is 13.6. The molecule has 3 rings (SSSR count). The number of anilines is 1. The Morgan fingerprint density at radius 3 is 2.21 bits per heavy atom. The lowest BCUT2D eigenvalue weighted by molar-refractivity contribution is -0.116. The number of methoxy groups -OCH3 is 3. The maximum Gasteiger partial charge on any atom is 0.224 e. The van der Waals surface area contributed by atoms with E-state index >= 15 is 0 Å². The number of nitrogens with one attached hydrogen (secondary N) is 1. The summed E-state index contributed by atoms with van der Waals surface area (Å²) in [5.74, 6) is 2.98. The van der Waals surface area contributed by atoms with Gasteiger partial charge in [0.1, 0.15) is 17.2 Å². The number of aryl methyl sites for hydroxylation is 1. The molecule has 3 aromatic rings. The van der Waals surface area contributed by atoms with E-state index < -0.39 is 0 Å². The maximum atomic E-state index is 12.3. The summed E-state index contributed by atoms with van der Waals surface area (Å²) in [6, 6.07) is 12.7. The number of nitrogens with zero attached hydrogens (tertiary/aromatic N) is 1. The summed E-state index contributed by atoms with van der Waals surface area (Å²) < 4.78 is 21.3. The van der Waals surface area contributed by atoms with Crippen LogP contribution in [0.2, 0.25) is 0 Å². The molecular weight excluding hydrogens is 360 g/mol. The molecule has 0 saturated heterocycles. The highest BCUT2D eigenvalue weighted by Gasteiger charge is 2.11. The van der Waals surface area contributed by atoms with Gasteiger partial charge >= 0.3 is 0 Å². The van der Waals surface area contributed by atoms with Crippen molar-refractivity contribution >= 4 is 11.6 Å². The van der Waals surface area contributed by atoms with Gasteiger partial charge in [-0.15, -0.1) is 0 Å². The zero-order valence-corrected chi connectivity index (χ0v) is 16.0. The van der Waals surface area contributed by atoms with Crippen molar-refractivity contribution in [2.75, 3.05) is 26.6 Å². The van der Waals surface area contributed by atoms with Crippen molar-refractivity contribution in [2.24, 2.45) is 0 Å². The van der Waals surface area contributed by atoms with Gasteiger partial charge in [0.15, 0.2) is 11.7 Å². The quantitative estimate of drug-likeness (QED) is 0.635. The van der Waals surface area contributed by atoms with E-state index in [0.29, 0.717) is 35.3 Å². The van der Waals surface area contributed by atoms with Gasteiger partial charge in [0.05, 0.1) is 27.5 Å². The molecule has 1 heterocycles. The molecule has 0 bridgehead atoms. The van der Waals surface area contributed by atoms with Crippen LogP contribution >= 0.6 is 0 Å². The molecule has 1 amide bonds. The van der Waals surface area contributed by atoms with Crippen molar-refractivity contribution in [3.05, 3.63) is 54.6 Å². The van der Waals surface area contributed by atoms with Crippen LogP contribution in [0.25, 0.3) is 11.3 Å². The zero-order valence-electron chi connectivity index (χ0n) is 16.0. The summed E-state index contributed by atoms with van der Waals surface area (Å²) >= 11 is 0. The number of carbonyl (C=O) groups is 1.